The fourth-order valence-corrected chi connectivity index (χ4v) is 4.49. The average molecular weight is 454 g/mol. The molecule has 0 radical (unpaired) electrons. The van der Waals surface area contributed by atoms with Crippen LogP contribution in [0.4, 0.5) is 5.82 Å². The molecule has 9 heteroatoms. The summed E-state index contributed by atoms with van der Waals surface area (Å²) in [6.45, 7) is 8.16. The molecule has 4 heterocycles. The molecule has 0 atom stereocenters. The van der Waals surface area contributed by atoms with Crippen molar-refractivity contribution in [3.8, 4) is 5.88 Å². The predicted octanol–water partition coefficient (Wildman–Crippen LogP) is 2.37. The average Bonchev–Trinajstić information content (AvgIpc) is 3.03. The summed E-state index contributed by atoms with van der Waals surface area (Å²) in [7, 11) is 0. The highest BCUT2D eigenvalue weighted by Gasteiger charge is 2.21. The van der Waals surface area contributed by atoms with Crippen molar-refractivity contribution >= 4 is 17.4 Å². The van der Waals surface area contributed by atoms with Gasteiger partial charge in [-0.15, -0.1) is 0 Å². The highest BCUT2D eigenvalue weighted by atomic mass is 35.5. The quantitative estimate of drug-likeness (QED) is 0.614. The van der Waals surface area contributed by atoms with E-state index >= 15 is 0 Å². The number of hydrogen-bond acceptors (Lipinski definition) is 7. The molecule has 2 aromatic heterocycles. The van der Waals surface area contributed by atoms with E-state index in [0.29, 0.717) is 17.5 Å². The van der Waals surface area contributed by atoms with Crippen LogP contribution in [0.5, 0.6) is 5.88 Å². The molecule has 0 bridgehead atoms. The second-order valence-corrected chi connectivity index (χ2v) is 8.65. The molecule has 1 fully saturated rings. The zero-order chi connectivity index (χ0) is 21.8. The molecular formula is C23H28ClN7O. The third-order valence-corrected chi connectivity index (χ3v) is 6.25. The van der Waals surface area contributed by atoms with Gasteiger partial charge in [0.2, 0.25) is 5.88 Å². The number of anilines is 1. The number of nitrogens with one attached hydrogen (secondary N) is 1. The summed E-state index contributed by atoms with van der Waals surface area (Å²) in [6, 6.07) is 7.65. The number of imidazole rings is 1. The number of fused-ring (bicyclic) bond motifs is 1. The largest absolute Gasteiger partial charge is 0.472 e. The number of halogens is 1. The lowest BCUT2D eigenvalue weighted by molar-refractivity contribution is 0.242. The van der Waals surface area contributed by atoms with Crippen LogP contribution in [0, 0.1) is 0 Å². The number of nitrogens with zero attached hydrogens (tertiary/aromatic N) is 6. The summed E-state index contributed by atoms with van der Waals surface area (Å²) >= 11 is 6.05. The van der Waals surface area contributed by atoms with Gasteiger partial charge >= 0.3 is 0 Å². The molecule has 8 nitrogen and oxygen atoms in total. The van der Waals surface area contributed by atoms with Crippen molar-refractivity contribution in [2.75, 3.05) is 44.2 Å². The number of piperazine rings is 1. The molecule has 1 N–H and O–H groups in total. The summed E-state index contributed by atoms with van der Waals surface area (Å²) in [5.41, 5.74) is 2.32. The fourth-order valence-electron chi connectivity index (χ4n) is 4.28. The van der Waals surface area contributed by atoms with Crippen molar-refractivity contribution in [3.63, 3.8) is 0 Å². The van der Waals surface area contributed by atoms with Gasteiger partial charge in [-0.2, -0.15) is 4.98 Å². The van der Waals surface area contributed by atoms with Crippen LogP contribution < -0.4 is 15.0 Å². The van der Waals surface area contributed by atoms with Crippen LogP contribution in [-0.4, -0.2) is 63.7 Å². The van der Waals surface area contributed by atoms with Crippen molar-refractivity contribution in [2.24, 2.45) is 0 Å². The van der Waals surface area contributed by atoms with Gasteiger partial charge in [-0.05, 0) is 17.7 Å². The molecule has 5 rings (SSSR count). The zero-order valence-electron chi connectivity index (χ0n) is 18.1. The van der Waals surface area contributed by atoms with Crippen LogP contribution >= 0.6 is 11.6 Å². The highest BCUT2D eigenvalue weighted by Crippen LogP contribution is 2.19. The van der Waals surface area contributed by atoms with Crippen molar-refractivity contribution in [1.82, 2.24) is 29.7 Å². The topological polar surface area (TPSA) is 71.3 Å². The Labute approximate surface area is 193 Å². The van der Waals surface area contributed by atoms with E-state index < -0.39 is 0 Å². The van der Waals surface area contributed by atoms with E-state index in [-0.39, 0.29) is 0 Å². The lowest BCUT2D eigenvalue weighted by atomic mass is 10.2. The summed E-state index contributed by atoms with van der Waals surface area (Å²) < 4.78 is 8.24. The van der Waals surface area contributed by atoms with Gasteiger partial charge in [-0.25, -0.2) is 4.98 Å². The second kappa shape index (κ2) is 9.85. The lowest BCUT2D eigenvalue weighted by Crippen LogP contribution is -2.46. The maximum atomic E-state index is 6.05. The number of ether oxygens (including phenoxy) is 1. The Hall–Kier alpha value is -2.68. The Balaban J connectivity index is 1.16. The van der Waals surface area contributed by atoms with E-state index in [4.69, 9.17) is 16.3 Å². The molecule has 0 amide bonds. The van der Waals surface area contributed by atoms with Crippen LogP contribution in [-0.2, 0) is 26.1 Å². The molecular weight excluding hydrogens is 426 g/mol. The minimum atomic E-state index is 0.414. The molecule has 1 saturated heterocycles. The number of aromatic nitrogens is 4. The highest BCUT2D eigenvalue weighted by molar-refractivity contribution is 6.30. The second-order valence-electron chi connectivity index (χ2n) is 8.21. The van der Waals surface area contributed by atoms with E-state index in [1.165, 1.54) is 11.5 Å². The van der Waals surface area contributed by atoms with Crippen molar-refractivity contribution in [1.29, 1.82) is 0 Å². The predicted molar refractivity (Wildman–Crippen MR) is 124 cm³/mol. The maximum Gasteiger partial charge on any atom is 0.234 e. The first-order valence-electron chi connectivity index (χ1n) is 11.2. The summed E-state index contributed by atoms with van der Waals surface area (Å²) in [5, 5.41) is 4.15. The Kier molecular flexibility index (Phi) is 6.52. The minimum Gasteiger partial charge on any atom is -0.472 e. The Morgan fingerprint density at radius 3 is 2.81 bits per heavy atom. The third kappa shape index (κ3) is 5.03. The molecule has 0 spiro atoms. The van der Waals surface area contributed by atoms with Gasteiger partial charge in [0.25, 0.3) is 0 Å². The SMILES string of the molecule is Clc1cccc(COc2cncc(N3CCN(Cc4cnc5n4CCNCC5)CC3)n2)c1. The van der Waals surface area contributed by atoms with E-state index in [2.05, 4.69) is 40.8 Å². The zero-order valence-corrected chi connectivity index (χ0v) is 18.8. The Morgan fingerprint density at radius 2 is 1.94 bits per heavy atom. The molecule has 2 aliphatic rings. The first kappa shape index (κ1) is 21.2. The van der Waals surface area contributed by atoms with Gasteiger partial charge < -0.3 is 19.5 Å². The number of benzene rings is 1. The van der Waals surface area contributed by atoms with E-state index in [1.807, 2.05) is 30.5 Å². The number of rotatable bonds is 6. The van der Waals surface area contributed by atoms with E-state index in [1.54, 1.807) is 6.20 Å². The van der Waals surface area contributed by atoms with Gasteiger partial charge in [-0.1, -0.05) is 23.7 Å². The Bertz CT molecular complexity index is 1050. The Morgan fingerprint density at radius 1 is 1.03 bits per heavy atom. The molecule has 2 aliphatic heterocycles. The molecule has 0 saturated carbocycles. The molecule has 0 unspecified atom stereocenters. The molecule has 168 valence electrons. The summed E-state index contributed by atoms with van der Waals surface area (Å²) in [5.74, 6) is 2.59. The fraction of sp³-hybridized carbons (Fsp3) is 0.435. The van der Waals surface area contributed by atoms with Gasteiger partial charge in [0.05, 0.1) is 18.1 Å². The molecule has 3 aromatic rings. The lowest BCUT2D eigenvalue weighted by Gasteiger charge is -2.35. The first-order chi connectivity index (χ1) is 15.7. The van der Waals surface area contributed by atoms with E-state index in [0.717, 1.165) is 70.2 Å². The van der Waals surface area contributed by atoms with Crippen molar-refractivity contribution < 1.29 is 4.74 Å². The van der Waals surface area contributed by atoms with Crippen LogP contribution in [0.1, 0.15) is 17.1 Å². The summed E-state index contributed by atoms with van der Waals surface area (Å²) in [6.07, 6.45) is 6.53. The first-order valence-corrected chi connectivity index (χ1v) is 11.5. The van der Waals surface area contributed by atoms with Crippen LogP contribution in [0.2, 0.25) is 5.02 Å². The smallest absolute Gasteiger partial charge is 0.234 e. The van der Waals surface area contributed by atoms with Crippen molar-refractivity contribution in [3.05, 3.63) is 65.0 Å². The maximum absolute atomic E-state index is 6.05. The van der Waals surface area contributed by atoms with E-state index in [9.17, 15) is 0 Å². The van der Waals surface area contributed by atoms with Gasteiger partial charge in [0.1, 0.15) is 12.4 Å². The third-order valence-electron chi connectivity index (χ3n) is 6.02. The van der Waals surface area contributed by atoms with Gasteiger partial charge in [0.15, 0.2) is 5.82 Å². The van der Waals surface area contributed by atoms with Crippen LogP contribution in [0.3, 0.4) is 0 Å². The standard InChI is InChI=1S/C23H28ClN7O/c24-19-3-1-2-18(12-19)17-32-23-15-26-14-22(28-23)30-10-8-29(9-11-30)16-20-13-27-21-4-5-25-6-7-31(20)21/h1-3,12-15,25H,4-11,16-17H2. The summed E-state index contributed by atoms with van der Waals surface area (Å²) in [4.78, 5) is 18.4. The normalized spacial score (nSPS) is 17.1. The van der Waals surface area contributed by atoms with Gasteiger partial charge in [0, 0.05) is 70.0 Å². The monoisotopic (exact) mass is 453 g/mol. The number of hydrogen-bond donors (Lipinski definition) is 1. The van der Waals surface area contributed by atoms with Crippen molar-refractivity contribution in [2.45, 2.75) is 26.1 Å². The van der Waals surface area contributed by atoms with Crippen LogP contribution in [0.15, 0.2) is 42.9 Å². The molecule has 0 aliphatic carbocycles. The van der Waals surface area contributed by atoms with Crippen LogP contribution in [0.25, 0.3) is 0 Å². The molecule has 32 heavy (non-hydrogen) atoms. The minimum absolute atomic E-state index is 0.414. The van der Waals surface area contributed by atoms with Gasteiger partial charge in [-0.3, -0.25) is 9.88 Å². The molecule has 1 aromatic carbocycles.